The summed E-state index contributed by atoms with van der Waals surface area (Å²) in [6, 6.07) is 14.2. The number of likely N-dealkylation sites (N-methyl/N-ethyl adjacent to an activating group) is 1. The van der Waals surface area contributed by atoms with Gasteiger partial charge in [-0.3, -0.25) is 9.88 Å². The molecule has 0 saturated carbocycles. The summed E-state index contributed by atoms with van der Waals surface area (Å²) in [7, 11) is 2.13. The standard InChI is InChI=1S/C34H40N6O4/c1-34(2,3)44-33(42)40-22-11-12-23(40)19-39(18-22)31-28-17-35-29(27-15-25(41)14-21-8-5-6-10-26(21)27)16-30(28)36-32(37-31)43-20-24-9-7-13-38(24)4/h5-6,8,10,14-17,22-24,41H,7,9,11-13,18-20H2,1-4H3/t22-,23-,24-/m0/s1. The lowest BCUT2D eigenvalue weighted by Gasteiger charge is -2.42. The highest BCUT2D eigenvalue weighted by atomic mass is 16.6. The third-order valence-electron chi connectivity index (χ3n) is 9.13. The molecule has 3 fully saturated rings. The molecular formula is C34H40N6O4. The van der Waals surface area contributed by atoms with Crippen LogP contribution >= 0.6 is 0 Å². The van der Waals surface area contributed by atoms with Crippen LogP contribution in [0.1, 0.15) is 46.5 Å². The Morgan fingerprint density at radius 2 is 1.80 bits per heavy atom. The van der Waals surface area contributed by atoms with Gasteiger partial charge in [-0.25, -0.2) is 4.79 Å². The molecule has 0 radical (unpaired) electrons. The number of piperazine rings is 1. The maximum Gasteiger partial charge on any atom is 0.410 e. The Kier molecular flexibility index (Phi) is 7.19. The summed E-state index contributed by atoms with van der Waals surface area (Å²) < 4.78 is 12.0. The van der Waals surface area contributed by atoms with Crippen LogP contribution < -0.4 is 9.64 Å². The van der Waals surface area contributed by atoms with Crippen molar-refractivity contribution in [2.45, 2.75) is 70.2 Å². The van der Waals surface area contributed by atoms with E-state index in [-0.39, 0.29) is 23.9 Å². The number of ether oxygens (including phenoxy) is 2. The second-order valence-electron chi connectivity index (χ2n) is 13.4. The molecule has 44 heavy (non-hydrogen) atoms. The number of likely N-dealkylation sites (tertiary alicyclic amines) is 1. The van der Waals surface area contributed by atoms with E-state index in [0.29, 0.717) is 37.4 Å². The number of nitrogens with zero attached hydrogens (tertiary/aromatic N) is 6. The Hall–Kier alpha value is -4.18. The Balaban J connectivity index is 1.26. The van der Waals surface area contributed by atoms with Crippen LogP contribution in [0, 0.1) is 0 Å². The van der Waals surface area contributed by atoms with Gasteiger partial charge < -0.3 is 24.4 Å². The van der Waals surface area contributed by atoms with Crippen LogP contribution in [0.5, 0.6) is 11.8 Å². The number of hydrogen-bond acceptors (Lipinski definition) is 9. The molecule has 3 aliphatic rings. The highest BCUT2D eigenvalue weighted by Gasteiger charge is 2.45. The van der Waals surface area contributed by atoms with Gasteiger partial charge in [-0.15, -0.1) is 0 Å². The van der Waals surface area contributed by atoms with Crippen LogP contribution in [-0.4, -0.2) is 93.0 Å². The topological polar surface area (TPSA) is 104 Å². The summed E-state index contributed by atoms with van der Waals surface area (Å²) in [5, 5.41) is 13.3. The van der Waals surface area contributed by atoms with Crippen molar-refractivity contribution in [1.82, 2.24) is 24.8 Å². The van der Waals surface area contributed by atoms with Gasteiger partial charge in [0.2, 0.25) is 0 Å². The molecule has 0 aliphatic carbocycles. The average molecular weight is 597 g/mol. The number of pyridine rings is 1. The van der Waals surface area contributed by atoms with Crippen molar-refractivity contribution in [2.75, 3.05) is 38.2 Å². The molecule has 2 aromatic carbocycles. The van der Waals surface area contributed by atoms with Crippen molar-refractivity contribution in [1.29, 1.82) is 0 Å². The van der Waals surface area contributed by atoms with Gasteiger partial charge >= 0.3 is 12.1 Å². The van der Waals surface area contributed by atoms with Gasteiger partial charge in [0.15, 0.2) is 0 Å². The highest BCUT2D eigenvalue weighted by molar-refractivity contribution is 5.99. The zero-order chi connectivity index (χ0) is 30.6. The van der Waals surface area contributed by atoms with Crippen molar-refractivity contribution in [3.63, 3.8) is 0 Å². The number of aromatic nitrogens is 3. The first kappa shape index (κ1) is 28.6. The summed E-state index contributed by atoms with van der Waals surface area (Å²) in [5.74, 6) is 0.956. The second kappa shape index (κ2) is 11.1. The summed E-state index contributed by atoms with van der Waals surface area (Å²) in [4.78, 5) is 34.3. The molecule has 1 N–H and O–H groups in total. The third-order valence-corrected chi connectivity index (χ3v) is 9.13. The molecule has 3 atom stereocenters. The van der Waals surface area contributed by atoms with E-state index in [1.54, 1.807) is 12.1 Å². The number of carbonyl (C=O) groups excluding carboxylic acids is 1. The van der Waals surface area contributed by atoms with Crippen LogP contribution in [0.25, 0.3) is 32.9 Å². The maximum absolute atomic E-state index is 13.1. The van der Waals surface area contributed by atoms with Gasteiger partial charge in [-0.05, 0) is 89.0 Å². The minimum absolute atomic E-state index is 0.0380. The lowest BCUT2D eigenvalue weighted by Crippen LogP contribution is -2.57. The van der Waals surface area contributed by atoms with Gasteiger partial charge in [0.1, 0.15) is 23.8 Å². The van der Waals surface area contributed by atoms with Crippen LogP contribution in [0.3, 0.4) is 0 Å². The molecule has 0 unspecified atom stereocenters. The molecule has 10 heteroatoms. The van der Waals surface area contributed by atoms with Crippen LogP contribution in [0.4, 0.5) is 10.6 Å². The fourth-order valence-electron chi connectivity index (χ4n) is 7.00. The lowest BCUT2D eigenvalue weighted by atomic mass is 10.0. The van der Waals surface area contributed by atoms with E-state index >= 15 is 0 Å². The third kappa shape index (κ3) is 5.47. The summed E-state index contributed by atoms with van der Waals surface area (Å²) >= 11 is 0. The number of phenolic OH excluding ortho intramolecular Hbond substituents is 1. The number of aromatic hydroxyl groups is 1. The predicted octanol–water partition coefficient (Wildman–Crippen LogP) is 5.61. The van der Waals surface area contributed by atoms with E-state index in [9.17, 15) is 9.90 Å². The second-order valence-corrected chi connectivity index (χ2v) is 13.4. The highest BCUT2D eigenvalue weighted by Crippen LogP contribution is 2.38. The fourth-order valence-corrected chi connectivity index (χ4v) is 7.00. The molecule has 4 aromatic rings. The summed E-state index contributed by atoms with van der Waals surface area (Å²) in [6.45, 7) is 8.59. The van der Waals surface area contributed by atoms with E-state index in [1.165, 1.54) is 0 Å². The van der Waals surface area contributed by atoms with E-state index < -0.39 is 5.60 Å². The Morgan fingerprint density at radius 1 is 1.02 bits per heavy atom. The number of phenols is 1. The first-order chi connectivity index (χ1) is 21.1. The summed E-state index contributed by atoms with van der Waals surface area (Å²) in [6.07, 6.45) is 5.68. The molecule has 0 spiro atoms. The van der Waals surface area contributed by atoms with Gasteiger partial charge in [-0.2, -0.15) is 9.97 Å². The van der Waals surface area contributed by atoms with E-state index in [0.717, 1.165) is 65.3 Å². The Bertz CT molecular complexity index is 1710. The van der Waals surface area contributed by atoms with E-state index in [2.05, 4.69) is 16.8 Å². The Labute approximate surface area is 257 Å². The van der Waals surface area contributed by atoms with Crippen molar-refractivity contribution in [3.8, 4) is 23.0 Å². The smallest absolute Gasteiger partial charge is 0.410 e. The molecule has 3 saturated heterocycles. The van der Waals surface area contributed by atoms with Gasteiger partial charge in [0.25, 0.3) is 0 Å². The minimum Gasteiger partial charge on any atom is -0.508 e. The molecule has 2 aromatic heterocycles. The zero-order valence-electron chi connectivity index (χ0n) is 25.9. The van der Waals surface area contributed by atoms with Crippen molar-refractivity contribution < 1.29 is 19.4 Å². The van der Waals surface area contributed by atoms with Crippen molar-refractivity contribution >= 4 is 33.6 Å². The number of rotatable bonds is 5. The monoisotopic (exact) mass is 596 g/mol. The molecule has 3 aliphatic heterocycles. The molecule has 10 nitrogen and oxygen atoms in total. The fraction of sp³-hybridized carbons (Fsp3) is 0.471. The molecule has 230 valence electrons. The number of fused-ring (bicyclic) bond motifs is 4. The van der Waals surface area contributed by atoms with E-state index in [1.807, 2.05) is 62.2 Å². The van der Waals surface area contributed by atoms with Gasteiger partial charge in [0, 0.05) is 30.9 Å². The predicted molar refractivity (Wildman–Crippen MR) is 170 cm³/mol. The van der Waals surface area contributed by atoms with Crippen molar-refractivity contribution in [2.24, 2.45) is 0 Å². The number of benzene rings is 2. The maximum atomic E-state index is 13.1. The molecule has 7 rings (SSSR count). The van der Waals surface area contributed by atoms with E-state index in [4.69, 9.17) is 24.4 Å². The molecule has 1 amide bonds. The van der Waals surface area contributed by atoms with Crippen molar-refractivity contribution in [3.05, 3.63) is 48.7 Å². The quantitative estimate of drug-likeness (QED) is 0.315. The minimum atomic E-state index is -0.541. The Morgan fingerprint density at radius 3 is 2.52 bits per heavy atom. The number of amides is 1. The molecule has 5 heterocycles. The summed E-state index contributed by atoms with van der Waals surface area (Å²) in [5.41, 5.74) is 1.73. The SMILES string of the molecule is CN1CCC[C@H]1COc1nc(N2C[C@@H]3CC[C@@H](C2)N3C(=O)OC(C)(C)C)c2cnc(-c3cc(O)cc4ccccc34)cc2n1. The normalized spacial score (nSPS) is 22.2. The number of anilines is 1. The molecule has 2 bridgehead atoms. The van der Waals surface area contributed by atoms with Crippen LogP contribution in [0.2, 0.25) is 0 Å². The number of hydrogen-bond donors (Lipinski definition) is 1. The van der Waals surface area contributed by atoms with Crippen LogP contribution in [0.15, 0.2) is 48.7 Å². The first-order valence-electron chi connectivity index (χ1n) is 15.6. The average Bonchev–Trinajstić information content (AvgIpc) is 3.52. The van der Waals surface area contributed by atoms with Gasteiger partial charge in [0.05, 0.1) is 28.7 Å². The van der Waals surface area contributed by atoms with Crippen LogP contribution in [-0.2, 0) is 4.74 Å². The lowest BCUT2D eigenvalue weighted by molar-refractivity contribution is 0.0122. The largest absolute Gasteiger partial charge is 0.508 e. The molecular weight excluding hydrogens is 556 g/mol. The zero-order valence-corrected chi connectivity index (χ0v) is 25.9. The number of carbonyl (C=O) groups is 1. The van der Waals surface area contributed by atoms with Gasteiger partial charge in [-0.1, -0.05) is 24.3 Å². The first-order valence-corrected chi connectivity index (χ1v) is 15.6.